The smallest absolute Gasteiger partial charge is 0.0219 e. The van der Waals surface area contributed by atoms with Crippen molar-refractivity contribution in [2.75, 3.05) is 25.4 Å². The predicted molar refractivity (Wildman–Crippen MR) is 89.6 cm³/mol. The van der Waals surface area contributed by atoms with Crippen molar-refractivity contribution in [1.82, 2.24) is 10.2 Å². The van der Waals surface area contributed by atoms with Gasteiger partial charge in [0.15, 0.2) is 0 Å². The molecule has 1 heterocycles. The van der Waals surface area contributed by atoms with E-state index in [1.165, 1.54) is 42.1 Å². The lowest BCUT2D eigenvalue weighted by Gasteiger charge is -2.40. The third kappa shape index (κ3) is 4.51. The fraction of sp³-hybridized carbons (Fsp3) is 0.647. The summed E-state index contributed by atoms with van der Waals surface area (Å²) < 4.78 is 0. The third-order valence-corrected chi connectivity index (χ3v) is 5.24. The Labute approximate surface area is 128 Å². The molecule has 0 spiro atoms. The second-order valence-corrected chi connectivity index (χ2v) is 6.90. The van der Waals surface area contributed by atoms with Gasteiger partial charge in [-0.25, -0.2) is 0 Å². The number of thioether (sulfide) groups is 1. The Morgan fingerprint density at radius 1 is 1.20 bits per heavy atom. The van der Waals surface area contributed by atoms with E-state index >= 15 is 0 Å². The van der Waals surface area contributed by atoms with E-state index in [0.29, 0.717) is 6.04 Å². The summed E-state index contributed by atoms with van der Waals surface area (Å²) in [7, 11) is 0. The van der Waals surface area contributed by atoms with Crippen molar-refractivity contribution < 1.29 is 0 Å². The predicted octanol–water partition coefficient (Wildman–Crippen LogP) is 3.55. The van der Waals surface area contributed by atoms with Gasteiger partial charge >= 0.3 is 0 Å². The number of hydrogen-bond acceptors (Lipinski definition) is 3. The Balaban J connectivity index is 1.80. The molecule has 0 radical (unpaired) electrons. The van der Waals surface area contributed by atoms with Crippen LogP contribution in [0.5, 0.6) is 0 Å². The lowest BCUT2D eigenvalue weighted by atomic mass is 10.1. The summed E-state index contributed by atoms with van der Waals surface area (Å²) >= 11 is 1.98. The van der Waals surface area contributed by atoms with Gasteiger partial charge in [-0.2, -0.15) is 0 Å². The normalized spacial score (nSPS) is 23.9. The molecule has 1 N–H and O–H groups in total. The first kappa shape index (κ1) is 15.9. The molecule has 2 unspecified atom stereocenters. The number of nitrogens with one attached hydrogen (secondary N) is 1. The highest BCUT2D eigenvalue weighted by atomic mass is 32.2. The first-order valence-corrected chi connectivity index (χ1v) is 8.88. The molecule has 2 rings (SSSR count). The van der Waals surface area contributed by atoms with Crippen LogP contribution in [0, 0.1) is 6.92 Å². The van der Waals surface area contributed by atoms with Crippen LogP contribution in [-0.4, -0.2) is 42.4 Å². The van der Waals surface area contributed by atoms with E-state index in [2.05, 4.69) is 55.3 Å². The lowest BCUT2D eigenvalue weighted by Crippen LogP contribution is -2.56. The molecule has 0 aromatic heterocycles. The minimum atomic E-state index is 0.683. The Kier molecular flexibility index (Phi) is 6.40. The maximum Gasteiger partial charge on any atom is 0.0219 e. The van der Waals surface area contributed by atoms with Crippen LogP contribution in [0.1, 0.15) is 32.3 Å². The molecule has 1 aromatic carbocycles. The van der Waals surface area contributed by atoms with E-state index in [4.69, 9.17) is 0 Å². The Morgan fingerprint density at radius 2 is 1.95 bits per heavy atom. The van der Waals surface area contributed by atoms with E-state index in [-0.39, 0.29) is 0 Å². The highest BCUT2D eigenvalue weighted by molar-refractivity contribution is 7.99. The number of nitrogens with zero attached hydrogens (tertiary/aromatic N) is 1. The molecule has 2 atom stereocenters. The molecule has 1 aliphatic heterocycles. The molecule has 1 fully saturated rings. The van der Waals surface area contributed by atoms with Crippen LogP contribution in [-0.2, 0) is 0 Å². The molecule has 2 nitrogen and oxygen atoms in total. The number of hydrogen-bond donors (Lipinski definition) is 1. The monoisotopic (exact) mass is 292 g/mol. The molecule has 0 amide bonds. The van der Waals surface area contributed by atoms with Gasteiger partial charge in [0.2, 0.25) is 0 Å². The maximum atomic E-state index is 3.67. The second-order valence-electron chi connectivity index (χ2n) is 5.73. The Bertz CT molecular complexity index is 390. The number of aryl methyl sites for hydroxylation is 1. The van der Waals surface area contributed by atoms with Gasteiger partial charge in [-0.05, 0) is 31.9 Å². The highest BCUT2D eigenvalue weighted by Gasteiger charge is 2.25. The molecule has 112 valence electrons. The van der Waals surface area contributed by atoms with Crippen LogP contribution in [0.2, 0.25) is 0 Å². The van der Waals surface area contributed by atoms with Crippen molar-refractivity contribution in [2.45, 2.75) is 50.6 Å². The molecule has 1 aliphatic rings. The van der Waals surface area contributed by atoms with Gasteiger partial charge in [-0.3, -0.25) is 4.90 Å². The van der Waals surface area contributed by atoms with Crippen LogP contribution in [0.25, 0.3) is 0 Å². The third-order valence-electron chi connectivity index (χ3n) is 4.25. The number of benzene rings is 1. The van der Waals surface area contributed by atoms with Gasteiger partial charge in [0, 0.05) is 42.4 Å². The summed E-state index contributed by atoms with van der Waals surface area (Å²) in [6.45, 7) is 10.3. The molecule has 0 bridgehead atoms. The molecule has 3 heteroatoms. The summed E-state index contributed by atoms with van der Waals surface area (Å²) in [4.78, 5) is 4.08. The zero-order chi connectivity index (χ0) is 14.4. The van der Waals surface area contributed by atoms with E-state index in [1.807, 2.05) is 11.8 Å². The topological polar surface area (TPSA) is 15.3 Å². The fourth-order valence-corrected chi connectivity index (χ4v) is 3.68. The van der Waals surface area contributed by atoms with E-state index in [9.17, 15) is 0 Å². The van der Waals surface area contributed by atoms with E-state index < -0.39 is 0 Å². The van der Waals surface area contributed by atoms with Crippen molar-refractivity contribution in [3.05, 3.63) is 29.8 Å². The van der Waals surface area contributed by atoms with Gasteiger partial charge in [0.25, 0.3) is 0 Å². The molecule has 0 saturated carbocycles. The quantitative estimate of drug-likeness (QED) is 0.807. The second kappa shape index (κ2) is 8.06. The maximum absolute atomic E-state index is 3.67. The Hall–Kier alpha value is -0.510. The first-order chi connectivity index (χ1) is 9.72. The lowest BCUT2D eigenvalue weighted by molar-refractivity contribution is 0.133. The van der Waals surface area contributed by atoms with E-state index in [0.717, 1.165) is 12.6 Å². The van der Waals surface area contributed by atoms with Gasteiger partial charge in [-0.1, -0.05) is 31.5 Å². The Morgan fingerprint density at radius 3 is 2.60 bits per heavy atom. The van der Waals surface area contributed by atoms with Crippen molar-refractivity contribution in [3.8, 4) is 0 Å². The van der Waals surface area contributed by atoms with Crippen molar-refractivity contribution >= 4 is 11.8 Å². The zero-order valence-electron chi connectivity index (χ0n) is 13.1. The van der Waals surface area contributed by atoms with Crippen molar-refractivity contribution in [3.63, 3.8) is 0 Å². The summed E-state index contributed by atoms with van der Waals surface area (Å²) in [5, 5.41) is 3.67. The van der Waals surface area contributed by atoms with Crippen LogP contribution < -0.4 is 5.32 Å². The van der Waals surface area contributed by atoms with Crippen molar-refractivity contribution in [1.29, 1.82) is 0 Å². The largest absolute Gasteiger partial charge is 0.311 e. The van der Waals surface area contributed by atoms with Gasteiger partial charge in [-0.15, -0.1) is 11.8 Å². The minimum absolute atomic E-state index is 0.683. The summed E-state index contributed by atoms with van der Waals surface area (Å²) in [6.07, 6.45) is 2.48. The average molecular weight is 292 g/mol. The van der Waals surface area contributed by atoms with E-state index in [1.54, 1.807) is 0 Å². The van der Waals surface area contributed by atoms with Crippen LogP contribution >= 0.6 is 11.8 Å². The molecule has 1 saturated heterocycles. The summed E-state index contributed by atoms with van der Waals surface area (Å²) in [5.41, 5.74) is 1.34. The first-order valence-electron chi connectivity index (χ1n) is 7.89. The number of rotatable bonds is 6. The van der Waals surface area contributed by atoms with Crippen LogP contribution in [0.3, 0.4) is 0 Å². The molecular weight excluding hydrogens is 264 g/mol. The van der Waals surface area contributed by atoms with Crippen molar-refractivity contribution in [2.24, 2.45) is 0 Å². The molecule has 1 aromatic rings. The minimum Gasteiger partial charge on any atom is -0.311 e. The average Bonchev–Trinajstić information content (AvgIpc) is 2.49. The summed E-state index contributed by atoms with van der Waals surface area (Å²) in [6, 6.07) is 10.3. The fourth-order valence-electron chi connectivity index (χ4n) is 2.79. The molecule has 0 aliphatic carbocycles. The standard InChI is InChI=1S/C17H28N2S/c1-4-15-13-19(16(5-2)12-18-15)10-11-20-17-8-6-14(3)7-9-17/h6-9,15-16,18H,4-5,10-13H2,1-3H3. The number of piperazine rings is 1. The SMILES string of the molecule is CCC1CN(CCSc2ccc(C)cc2)C(CC)CN1. The van der Waals surface area contributed by atoms with Gasteiger partial charge in [0.1, 0.15) is 0 Å². The van der Waals surface area contributed by atoms with Gasteiger partial charge < -0.3 is 5.32 Å². The highest BCUT2D eigenvalue weighted by Crippen LogP contribution is 2.20. The van der Waals surface area contributed by atoms with Crippen LogP contribution in [0.4, 0.5) is 0 Å². The zero-order valence-corrected chi connectivity index (χ0v) is 13.9. The van der Waals surface area contributed by atoms with Gasteiger partial charge in [0.05, 0.1) is 0 Å². The molecule has 20 heavy (non-hydrogen) atoms. The molecular formula is C17H28N2S. The summed E-state index contributed by atoms with van der Waals surface area (Å²) in [5.74, 6) is 1.19. The van der Waals surface area contributed by atoms with Crippen LogP contribution in [0.15, 0.2) is 29.2 Å².